The summed E-state index contributed by atoms with van der Waals surface area (Å²) in [5, 5.41) is 12.4. The van der Waals surface area contributed by atoms with Gasteiger partial charge in [0.25, 0.3) is 0 Å². The number of amides is 1. The Morgan fingerprint density at radius 3 is 2.64 bits per heavy atom. The van der Waals surface area contributed by atoms with Crippen LogP contribution in [0.4, 0.5) is 0 Å². The van der Waals surface area contributed by atoms with Crippen molar-refractivity contribution in [2.45, 2.75) is 83.2 Å². The quantitative estimate of drug-likeness (QED) is 0.321. The van der Waals surface area contributed by atoms with E-state index in [0.717, 1.165) is 47.6 Å². The summed E-state index contributed by atoms with van der Waals surface area (Å²) in [6, 6.07) is 13.2. The first-order valence-corrected chi connectivity index (χ1v) is 16.0. The van der Waals surface area contributed by atoms with E-state index in [4.69, 9.17) is 8.84 Å². The van der Waals surface area contributed by atoms with Crippen molar-refractivity contribution in [1.82, 2.24) is 4.90 Å². The van der Waals surface area contributed by atoms with E-state index in [9.17, 15) is 9.90 Å². The largest absolute Gasteiger partial charge is 0.508 e. The number of aromatic hydroxyl groups is 1. The minimum Gasteiger partial charge on any atom is -0.508 e. The Bertz CT molecular complexity index is 1190. The molecule has 36 heavy (non-hydrogen) atoms. The van der Waals surface area contributed by atoms with Gasteiger partial charge in [0.1, 0.15) is 5.75 Å². The smallest absolute Gasteiger partial charge is 0.227 e. The summed E-state index contributed by atoms with van der Waals surface area (Å²) >= 11 is 0. The zero-order valence-electron chi connectivity index (χ0n) is 22.6. The second kappa shape index (κ2) is 10.4. The van der Waals surface area contributed by atoms with Gasteiger partial charge >= 0.3 is 0 Å². The highest BCUT2D eigenvalue weighted by Crippen LogP contribution is 2.43. The van der Waals surface area contributed by atoms with Gasteiger partial charge in [-0.2, -0.15) is 0 Å². The van der Waals surface area contributed by atoms with Gasteiger partial charge in [-0.05, 0) is 73.0 Å². The van der Waals surface area contributed by atoms with Gasteiger partial charge in [0.05, 0.1) is 25.0 Å². The number of carbonyl (C=O) groups is 1. The number of likely N-dealkylation sites (N-methyl/N-ethyl adjacent to an activating group) is 1. The fourth-order valence-corrected chi connectivity index (χ4v) is 6.58. The molecule has 4 rings (SSSR count). The lowest BCUT2D eigenvalue weighted by Crippen LogP contribution is -2.43. The lowest BCUT2D eigenvalue weighted by Gasteiger charge is -2.38. The van der Waals surface area contributed by atoms with Crippen molar-refractivity contribution in [3.63, 3.8) is 0 Å². The third-order valence-corrected chi connectivity index (χ3v) is 12.9. The summed E-state index contributed by atoms with van der Waals surface area (Å²) in [7, 11) is 0.0781. The predicted molar refractivity (Wildman–Crippen MR) is 148 cm³/mol. The monoisotopic (exact) mass is 507 g/mol. The average Bonchev–Trinajstić information content (AvgIpc) is 3.46. The normalized spacial score (nSPS) is 19.5. The van der Waals surface area contributed by atoms with Crippen LogP contribution in [-0.4, -0.2) is 37.4 Å². The molecule has 1 aliphatic carbocycles. The number of phenols is 1. The van der Waals surface area contributed by atoms with E-state index in [0.29, 0.717) is 18.4 Å². The van der Waals surface area contributed by atoms with Gasteiger partial charge in [0.15, 0.2) is 8.32 Å². The van der Waals surface area contributed by atoms with Crippen LogP contribution < -0.4 is 0 Å². The lowest BCUT2D eigenvalue weighted by molar-refractivity contribution is -0.131. The van der Waals surface area contributed by atoms with Crippen LogP contribution in [-0.2, 0) is 15.6 Å². The molecular weight excluding hydrogens is 466 g/mol. The molecule has 1 aliphatic rings. The van der Waals surface area contributed by atoms with Crippen LogP contribution in [0.25, 0.3) is 10.8 Å². The maximum atomic E-state index is 13.5. The molecule has 1 heterocycles. The van der Waals surface area contributed by atoms with E-state index in [1.54, 1.807) is 24.7 Å². The Morgan fingerprint density at radius 2 is 1.92 bits per heavy atom. The van der Waals surface area contributed by atoms with E-state index in [2.05, 4.69) is 33.9 Å². The molecule has 1 N–H and O–H groups in total. The number of hydrogen-bond donors (Lipinski definition) is 1. The van der Waals surface area contributed by atoms with Crippen LogP contribution >= 0.6 is 0 Å². The molecule has 5 nitrogen and oxygen atoms in total. The van der Waals surface area contributed by atoms with E-state index in [1.165, 1.54) is 0 Å². The number of phenolic OH excluding ortho intramolecular Hbond substituents is 1. The van der Waals surface area contributed by atoms with E-state index in [-0.39, 0.29) is 22.7 Å². The Kier molecular flexibility index (Phi) is 7.67. The molecule has 3 aromatic rings. The zero-order valence-corrected chi connectivity index (χ0v) is 23.6. The van der Waals surface area contributed by atoms with Crippen LogP contribution in [0.1, 0.15) is 63.6 Å². The fraction of sp³-hybridized carbons (Fsp3) is 0.500. The minimum absolute atomic E-state index is 0.0594. The van der Waals surface area contributed by atoms with E-state index in [1.807, 2.05) is 42.3 Å². The Hall–Kier alpha value is -2.57. The second-order valence-corrected chi connectivity index (χ2v) is 16.8. The van der Waals surface area contributed by atoms with Crippen molar-refractivity contribution in [2.75, 3.05) is 7.05 Å². The Morgan fingerprint density at radius 1 is 1.17 bits per heavy atom. The van der Waals surface area contributed by atoms with Crippen LogP contribution in [0.5, 0.6) is 5.75 Å². The number of benzene rings is 2. The molecular formula is C30H41NO4Si. The second-order valence-electron chi connectivity index (χ2n) is 12.0. The summed E-state index contributed by atoms with van der Waals surface area (Å²) in [6.07, 6.45) is 8.09. The molecule has 1 fully saturated rings. The molecule has 0 saturated heterocycles. The molecule has 0 spiro atoms. The summed E-state index contributed by atoms with van der Waals surface area (Å²) < 4.78 is 12.1. The van der Waals surface area contributed by atoms with Gasteiger partial charge in [-0.1, -0.05) is 51.1 Å². The van der Waals surface area contributed by atoms with Gasteiger partial charge in [-0.25, -0.2) is 0 Å². The van der Waals surface area contributed by atoms with Gasteiger partial charge in [0, 0.05) is 23.9 Å². The summed E-state index contributed by atoms with van der Waals surface area (Å²) in [5.41, 5.74) is 1.94. The number of hydrogen-bond acceptors (Lipinski definition) is 4. The highest BCUT2D eigenvalue weighted by Gasteiger charge is 2.41. The Balaban J connectivity index is 1.50. The third kappa shape index (κ3) is 5.87. The molecule has 1 saturated carbocycles. The average molecular weight is 508 g/mol. The van der Waals surface area contributed by atoms with Crippen molar-refractivity contribution in [1.29, 1.82) is 0 Å². The van der Waals surface area contributed by atoms with Gasteiger partial charge in [0.2, 0.25) is 5.91 Å². The van der Waals surface area contributed by atoms with Crippen molar-refractivity contribution < 1.29 is 18.7 Å². The maximum absolute atomic E-state index is 13.5. The number of carbonyl (C=O) groups excluding carboxylic acids is 1. The van der Waals surface area contributed by atoms with E-state index < -0.39 is 8.32 Å². The number of fused-ring (bicyclic) bond motifs is 1. The molecule has 0 radical (unpaired) electrons. The van der Waals surface area contributed by atoms with Crippen molar-refractivity contribution in [3.8, 4) is 5.75 Å². The molecule has 194 valence electrons. The number of nitrogens with zero attached hydrogens (tertiary/aromatic N) is 1. The van der Waals surface area contributed by atoms with Crippen LogP contribution in [0.2, 0.25) is 18.1 Å². The van der Waals surface area contributed by atoms with E-state index >= 15 is 0 Å². The van der Waals surface area contributed by atoms with Gasteiger partial charge < -0.3 is 18.8 Å². The maximum Gasteiger partial charge on any atom is 0.227 e. The molecule has 0 aliphatic heterocycles. The topological polar surface area (TPSA) is 62.9 Å². The molecule has 2 aromatic carbocycles. The first-order valence-electron chi connectivity index (χ1n) is 13.1. The van der Waals surface area contributed by atoms with Crippen LogP contribution in [0, 0.1) is 5.92 Å². The SMILES string of the molecule is CN(C(=O)Cc1cccc2cocc12)[C@@H](CC1CC[C@@H](O[Si](C)(C)C(C)(C)C)C1)c1cccc(O)c1. The van der Waals surface area contributed by atoms with Crippen molar-refractivity contribution in [3.05, 3.63) is 66.1 Å². The first-order chi connectivity index (χ1) is 16.9. The number of furan rings is 1. The van der Waals surface area contributed by atoms with Gasteiger partial charge in [-0.15, -0.1) is 0 Å². The fourth-order valence-electron chi connectivity index (χ4n) is 5.18. The van der Waals surface area contributed by atoms with Gasteiger partial charge in [-0.3, -0.25) is 4.79 Å². The highest BCUT2D eigenvalue weighted by atomic mass is 28.4. The van der Waals surface area contributed by atoms with Crippen molar-refractivity contribution >= 4 is 25.0 Å². The summed E-state index contributed by atoms with van der Waals surface area (Å²) in [4.78, 5) is 15.4. The summed E-state index contributed by atoms with van der Waals surface area (Å²) in [5.74, 6) is 0.760. The zero-order chi connectivity index (χ0) is 26.1. The standard InChI is InChI=1S/C30H41NO4Si/c1-30(2,3)36(5,6)35-26-14-13-21(15-26)16-28(23-10-8-12-25(32)17-23)31(4)29(33)18-22-9-7-11-24-19-34-20-27(22)24/h7-12,17,19-21,26,28,32H,13-16,18H2,1-6H3/t21?,26-,28+/m1/s1. The minimum atomic E-state index is -1.82. The molecule has 1 aromatic heterocycles. The molecule has 0 bridgehead atoms. The first kappa shape index (κ1) is 26.5. The van der Waals surface area contributed by atoms with Crippen LogP contribution in [0.3, 0.4) is 0 Å². The molecule has 1 amide bonds. The van der Waals surface area contributed by atoms with Crippen LogP contribution in [0.15, 0.2) is 59.4 Å². The predicted octanol–water partition coefficient (Wildman–Crippen LogP) is 7.46. The third-order valence-electron chi connectivity index (χ3n) is 8.39. The molecule has 1 unspecified atom stereocenters. The Labute approximate surface area is 216 Å². The molecule has 3 atom stereocenters. The highest BCUT2D eigenvalue weighted by molar-refractivity contribution is 6.74. The molecule has 6 heteroatoms. The number of rotatable bonds is 8. The lowest BCUT2D eigenvalue weighted by atomic mass is 9.92. The van der Waals surface area contributed by atoms with Crippen molar-refractivity contribution in [2.24, 2.45) is 5.92 Å². The summed E-state index contributed by atoms with van der Waals surface area (Å²) in [6.45, 7) is 11.5.